The van der Waals surface area contributed by atoms with E-state index in [4.69, 9.17) is 4.74 Å². The fraction of sp³-hybridized carbons (Fsp3) is 1.00. The van der Waals surface area contributed by atoms with E-state index in [1.54, 1.807) is 0 Å². The molecule has 0 aromatic rings. The average molecular weight is 205 g/mol. The predicted molar refractivity (Wildman–Crippen MR) is 44.4 cm³/mol. The Morgan fingerprint density at radius 1 is 1.50 bits per heavy atom. The summed E-state index contributed by atoms with van der Waals surface area (Å²) in [5, 5.41) is 0. The van der Waals surface area contributed by atoms with E-state index >= 15 is 0 Å². The van der Waals surface area contributed by atoms with Crippen molar-refractivity contribution >= 4 is 15.9 Å². The van der Waals surface area contributed by atoms with Crippen LogP contribution in [0.4, 0.5) is 0 Å². The molecule has 0 saturated heterocycles. The molecule has 0 radical (unpaired) electrons. The lowest BCUT2D eigenvalue weighted by atomic mass is 9.98. The van der Waals surface area contributed by atoms with Crippen molar-refractivity contribution in [2.45, 2.75) is 36.1 Å². The van der Waals surface area contributed by atoms with Gasteiger partial charge in [-0.25, -0.2) is 0 Å². The maximum atomic E-state index is 5.52. The van der Waals surface area contributed by atoms with Crippen molar-refractivity contribution in [2.75, 3.05) is 7.11 Å². The number of ether oxygens (including phenoxy) is 1. The second kappa shape index (κ2) is 2.21. The minimum atomic E-state index is 0.262. The fourth-order valence-electron chi connectivity index (χ4n) is 2.29. The van der Waals surface area contributed by atoms with E-state index in [1.807, 2.05) is 7.11 Å². The summed E-state index contributed by atoms with van der Waals surface area (Å²) >= 11 is 3.67. The third-order valence-electron chi connectivity index (χ3n) is 3.05. The summed E-state index contributed by atoms with van der Waals surface area (Å²) in [7, 11) is 1.85. The maximum Gasteiger partial charge on any atom is 0.0846 e. The first-order chi connectivity index (χ1) is 4.81. The number of rotatable bonds is 1. The van der Waals surface area contributed by atoms with Gasteiger partial charge in [-0.1, -0.05) is 28.8 Å². The van der Waals surface area contributed by atoms with Crippen LogP contribution in [0.15, 0.2) is 0 Å². The zero-order valence-electron chi connectivity index (χ0n) is 6.27. The third kappa shape index (κ3) is 0.722. The highest BCUT2D eigenvalue weighted by Crippen LogP contribution is 2.59. The van der Waals surface area contributed by atoms with Crippen molar-refractivity contribution in [1.82, 2.24) is 0 Å². The normalized spacial score (nSPS) is 52.2. The van der Waals surface area contributed by atoms with E-state index in [1.165, 1.54) is 25.7 Å². The number of fused-ring (bicyclic) bond motifs is 1. The number of halogens is 1. The van der Waals surface area contributed by atoms with E-state index < -0.39 is 0 Å². The van der Waals surface area contributed by atoms with E-state index in [9.17, 15) is 0 Å². The molecule has 2 rings (SSSR count). The van der Waals surface area contributed by atoms with Gasteiger partial charge in [0.25, 0.3) is 0 Å². The number of methoxy groups -OCH3 is 1. The summed E-state index contributed by atoms with van der Waals surface area (Å²) in [5.74, 6) is 0.825. The second-order valence-corrected chi connectivity index (χ2v) is 4.40. The van der Waals surface area contributed by atoms with Gasteiger partial charge in [-0.15, -0.1) is 0 Å². The first kappa shape index (κ1) is 7.11. The lowest BCUT2D eigenvalue weighted by molar-refractivity contribution is 0.0455. The summed E-state index contributed by atoms with van der Waals surface area (Å²) in [6.45, 7) is 0. The standard InChI is InChI=1S/C8H13BrO/c1-10-8-5-3-2-4-6(8)7(8)9/h6-7H,2-5H2,1H3/t6-,7-,8+/m0/s1. The lowest BCUT2D eigenvalue weighted by Crippen LogP contribution is -2.19. The maximum absolute atomic E-state index is 5.52. The molecule has 2 aliphatic carbocycles. The number of hydrogen-bond donors (Lipinski definition) is 0. The largest absolute Gasteiger partial charge is 0.377 e. The monoisotopic (exact) mass is 204 g/mol. The van der Waals surface area contributed by atoms with Gasteiger partial charge < -0.3 is 4.74 Å². The molecule has 2 heteroatoms. The van der Waals surface area contributed by atoms with Crippen molar-refractivity contribution in [3.8, 4) is 0 Å². The van der Waals surface area contributed by atoms with Gasteiger partial charge in [-0.2, -0.15) is 0 Å². The van der Waals surface area contributed by atoms with Gasteiger partial charge in [0.1, 0.15) is 0 Å². The van der Waals surface area contributed by atoms with Gasteiger partial charge in [0.2, 0.25) is 0 Å². The minimum Gasteiger partial charge on any atom is -0.377 e. The fourth-order valence-corrected chi connectivity index (χ4v) is 3.60. The molecule has 2 saturated carbocycles. The van der Waals surface area contributed by atoms with Gasteiger partial charge in [0.15, 0.2) is 0 Å². The molecular weight excluding hydrogens is 192 g/mol. The van der Waals surface area contributed by atoms with Crippen molar-refractivity contribution in [3.05, 3.63) is 0 Å². The molecule has 0 aromatic carbocycles. The van der Waals surface area contributed by atoms with E-state index in [0.717, 1.165) is 5.92 Å². The third-order valence-corrected chi connectivity index (χ3v) is 4.46. The molecule has 0 aromatic heterocycles. The Kier molecular flexibility index (Phi) is 1.57. The minimum absolute atomic E-state index is 0.262. The van der Waals surface area contributed by atoms with E-state index in [2.05, 4.69) is 15.9 Å². The SMILES string of the molecule is CO[C@]12CCCC[C@H]1[C@@H]2Br. The molecule has 0 amide bonds. The van der Waals surface area contributed by atoms with Gasteiger partial charge in [0, 0.05) is 17.9 Å². The molecule has 3 atom stereocenters. The quantitative estimate of drug-likeness (QED) is 0.597. The molecule has 0 spiro atoms. The first-order valence-electron chi connectivity index (χ1n) is 4.00. The number of hydrogen-bond acceptors (Lipinski definition) is 1. The molecule has 10 heavy (non-hydrogen) atoms. The van der Waals surface area contributed by atoms with E-state index in [0.29, 0.717) is 4.83 Å². The molecule has 0 heterocycles. The molecule has 0 unspecified atom stereocenters. The van der Waals surface area contributed by atoms with Gasteiger partial charge in [0.05, 0.1) is 5.60 Å². The Labute approximate surface area is 70.3 Å². The van der Waals surface area contributed by atoms with Crippen LogP contribution < -0.4 is 0 Å². The molecule has 0 bridgehead atoms. The van der Waals surface area contributed by atoms with Crippen LogP contribution in [-0.4, -0.2) is 17.5 Å². The van der Waals surface area contributed by atoms with Crippen molar-refractivity contribution in [3.63, 3.8) is 0 Å². The molecule has 1 nitrogen and oxygen atoms in total. The van der Waals surface area contributed by atoms with E-state index in [-0.39, 0.29) is 5.60 Å². The molecular formula is C8H13BrO. The summed E-state index contributed by atoms with van der Waals surface area (Å²) in [4.78, 5) is 0.660. The lowest BCUT2D eigenvalue weighted by Gasteiger charge is -2.19. The zero-order valence-corrected chi connectivity index (χ0v) is 7.86. The molecule has 2 fully saturated rings. The predicted octanol–water partition coefficient (Wildman–Crippen LogP) is 2.34. The highest BCUT2D eigenvalue weighted by atomic mass is 79.9. The van der Waals surface area contributed by atoms with Crippen LogP contribution in [-0.2, 0) is 4.74 Å². The Bertz CT molecular complexity index is 148. The molecule has 0 aliphatic heterocycles. The Balaban J connectivity index is 2.09. The first-order valence-corrected chi connectivity index (χ1v) is 4.92. The van der Waals surface area contributed by atoms with Crippen LogP contribution in [0.3, 0.4) is 0 Å². The zero-order chi connectivity index (χ0) is 7.19. The van der Waals surface area contributed by atoms with Gasteiger partial charge in [-0.3, -0.25) is 0 Å². The van der Waals surface area contributed by atoms with Crippen LogP contribution >= 0.6 is 15.9 Å². The Morgan fingerprint density at radius 2 is 2.30 bits per heavy atom. The van der Waals surface area contributed by atoms with Gasteiger partial charge >= 0.3 is 0 Å². The summed E-state index contributed by atoms with van der Waals surface area (Å²) in [6, 6.07) is 0. The van der Waals surface area contributed by atoms with Crippen LogP contribution in [0.1, 0.15) is 25.7 Å². The van der Waals surface area contributed by atoms with Crippen molar-refractivity contribution < 1.29 is 4.74 Å². The van der Waals surface area contributed by atoms with Crippen LogP contribution in [0.2, 0.25) is 0 Å². The smallest absolute Gasteiger partial charge is 0.0846 e. The summed E-state index contributed by atoms with van der Waals surface area (Å²) < 4.78 is 5.52. The Morgan fingerprint density at radius 3 is 2.80 bits per heavy atom. The van der Waals surface area contributed by atoms with Crippen LogP contribution in [0.25, 0.3) is 0 Å². The highest BCUT2D eigenvalue weighted by molar-refractivity contribution is 9.09. The molecule has 0 N–H and O–H groups in total. The molecule has 58 valence electrons. The van der Waals surface area contributed by atoms with Crippen molar-refractivity contribution in [2.24, 2.45) is 5.92 Å². The van der Waals surface area contributed by atoms with Gasteiger partial charge in [-0.05, 0) is 12.8 Å². The summed E-state index contributed by atoms with van der Waals surface area (Å²) in [6.07, 6.45) is 5.39. The highest BCUT2D eigenvalue weighted by Gasteiger charge is 2.64. The van der Waals surface area contributed by atoms with Crippen molar-refractivity contribution in [1.29, 1.82) is 0 Å². The Hall–Kier alpha value is 0.440. The number of alkyl halides is 1. The second-order valence-electron chi connectivity index (χ2n) is 3.41. The average Bonchev–Trinajstić information content (AvgIpc) is 2.60. The van der Waals surface area contributed by atoms with Crippen LogP contribution in [0, 0.1) is 5.92 Å². The summed E-state index contributed by atoms with van der Waals surface area (Å²) in [5.41, 5.74) is 0.262. The topological polar surface area (TPSA) is 9.23 Å². The molecule has 2 aliphatic rings. The van der Waals surface area contributed by atoms with Crippen LogP contribution in [0.5, 0.6) is 0 Å².